The maximum absolute atomic E-state index is 11.7. The van der Waals surface area contributed by atoms with E-state index in [0.29, 0.717) is 5.41 Å². The van der Waals surface area contributed by atoms with E-state index in [1.807, 2.05) is 20.8 Å². The van der Waals surface area contributed by atoms with Crippen molar-refractivity contribution >= 4 is 6.03 Å². The van der Waals surface area contributed by atoms with E-state index >= 15 is 0 Å². The van der Waals surface area contributed by atoms with Crippen LogP contribution in [-0.4, -0.2) is 18.1 Å². The summed E-state index contributed by atoms with van der Waals surface area (Å²) >= 11 is 0. The Kier molecular flexibility index (Phi) is 4.22. The van der Waals surface area contributed by atoms with E-state index in [1.165, 1.54) is 32.1 Å². The average molecular weight is 226 g/mol. The predicted octanol–water partition coefficient (Wildman–Crippen LogP) is 3.05. The van der Waals surface area contributed by atoms with Crippen molar-refractivity contribution in [3.05, 3.63) is 0 Å². The molecule has 2 amide bonds. The molecule has 3 nitrogen and oxygen atoms in total. The molecule has 1 rings (SSSR count). The van der Waals surface area contributed by atoms with Gasteiger partial charge in [0, 0.05) is 12.1 Å². The first-order valence-corrected chi connectivity index (χ1v) is 6.43. The van der Waals surface area contributed by atoms with Gasteiger partial charge in [-0.1, -0.05) is 19.8 Å². The lowest BCUT2D eigenvalue weighted by atomic mass is 9.83. The second-order valence-electron chi connectivity index (χ2n) is 6.12. The number of hydrogen-bond donors (Lipinski definition) is 2. The van der Waals surface area contributed by atoms with E-state index < -0.39 is 0 Å². The molecule has 0 aromatic heterocycles. The fourth-order valence-corrected chi connectivity index (χ4v) is 2.43. The molecule has 0 saturated heterocycles. The molecule has 0 radical (unpaired) electrons. The Morgan fingerprint density at radius 1 is 1.25 bits per heavy atom. The van der Waals surface area contributed by atoms with Crippen molar-refractivity contribution in [3.8, 4) is 0 Å². The summed E-state index contributed by atoms with van der Waals surface area (Å²) in [5.74, 6) is 0. The summed E-state index contributed by atoms with van der Waals surface area (Å²) in [6.07, 6.45) is 6.33. The van der Waals surface area contributed by atoms with Crippen LogP contribution >= 0.6 is 0 Å². The number of rotatable bonds is 3. The Morgan fingerprint density at radius 2 is 1.81 bits per heavy atom. The van der Waals surface area contributed by atoms with Crippen LogP contribution in [-0.2, 0) is 0 Å². The first kappa shape index (κ1) is 13.3. The lowest BCUT2D eigenvalue weighted by Gasteiger charge is -2.29. The molecule has 2 N–H and O–H groups in total. The number of nitrogens with one attached hydrogen (secondary N) is 2. The van der Waals surface area contributed by atoms with Crippen molar-refractivity contribution in [1.82, 2.24) is 10.6 Å². The van der Waals surface area contributed by atoms with Crippen LogP contribution in [0.15, 0.2) is 0 Å². The lowest BCUT2D eigenvalue weighted by molar-refractivity contribution is 0.217. The van der Waals surface area contributed by atoms with Crippen molar-refractivity contribution in [3.63, 3.8) is 0 Å². The first-order chi connectivity index (χ1) is 7.37. The number of carbonyl (C=O) groups excluding carboxylic acids is 1. The van der Waals surface area contributed by atoms with E-state index in [1.54, 1.807) is 0 Å². The number of hydrogen-bond acceptors (Lipinski definition) is 1. The van der Waals surface area contributed by atoms with Gasteiger partial charge in [-0.25, -0.2) is 4.79 Å². The quantitative estimate of drug-likeness (QED) is 0.763. The molecule has 1 aliphatic rings. The average Bonchev–Trinajstić information content (AvgIpc) is 2.61. The highest BCUT2D eigenvalue weighted by molar-refractivity contribution is 5.74. The predicted molar refractivity (Wildman–Crippen MR) is 67.5 cm³/mol. The third-order valence-corrected chi connectivity index (χ3v) is 3.53. The molecule has 1 saturated carbocycles. The third kappa shape index (κ3) is 4.03. The Labute approximate surface area is 99.4 Å². The molecule has 0 aromatic carbocycles. The molecule has 0 aromatic rings. The maximum Gasteiger partial charge on any atom is 0.315 e. The lowest BCUT2D eigenvalue weighted by Crippen LogP contribution is -2.48. The zero-order chi connectivity index (χ0) is 12.2. The fourth-order valence-electron chi connectivity index (χ4n) is 2.43. The number of carbonyl (C=O) groups is 1. The van der Waals surface area contributed by atoms with Gasteiger partial charge in [0.1, 0.15) is 0 Å². The van der Waals surface area contributed by atoms with Crippen LogP contribution in [0.2, 0.25) is 0 Å². The minimum atomic E-state index is -0.154. The minimum Gasteiger partial charge on any atom is -0.338 e. The van der Waals surface area contributed by atoms with E-state index in [0.717, 1.165) is 6.54 Å². The molecule has 0 atom stereocenters. The second-order valence-corrected chi connectivity index (χ2v) is 6.12. The molecular formula is C13H26N2O. The Morgan fingerprint density at radius 3 is 2.25 bits per heavy atom. The standard InChI is InChI=1S/C13H26N2O/c1-5-13(8-6-7-9-13)10-14-11(16)15-12(2,3)4/h5-10H2,1-4H3,(H2,14,15,16). The largest absolute Gasteiger partial charge is 0.338 e. The summed E-state index contributed by atoms with van der Waals surface area (Å²) in [6.45, 7) is 9.05. The SMILES string of the molecule is CCC1(CNC(=O)NC(C)(C)C)CCCC1. The van der Waals surface area contributed by atoms with Gasteiger partial charge in [-0.15, -0.1) is 0 Å². The van der Waals surface area contributed by atoms with E-state index in [4.69, 9.17) is 0 Å². The van der Waals surface area contributed by atoms with Crippen LogP contribution in [0, 0.1) is 5.41 Å². The van der Waals surface area contributed by atoms with E-state index in [9.17, 15) is 4.79 Å². The van der Waals surface area contributed by atoms with Gasteiger partial charge in [-0.05, 0) is 45.4 Å². The summed E-state index contributed by atoms with van der Waals surface area (Å²) < 4.78 is 0. The van der Waals surface area contributed by atoms with Crippen molar-refractivity contribution < 1.29 is 4.79 Å². The highest BCUT2D eigenvalue weighted by atomic mass is 16.2. The van der Waals surface area contributed by atoms with Gasteiger partial charge in [0.2, 0.25) is 0 Å². The summed E-state index contributed by atoms with van der Waals surface area (Å²) in [6, 6.07) is -0.0350. The first-order valence-electron chi connectivity index (χ1n) is 6.43. The Hall–Kier alpha value is -0.730. The third-order valence-electron chi connectivity index (χ3n) is 3.53. The van der Waals surface area contributed by atoms with Crippen molar-refractivity contribution in [1.29, 1.82) is 0 Å². The molecule has 94 valence electrons. The zero-order valence-electron chi connectivity index (χ0n) is 11.2. The van der Waals surface area contributed by atoms with E-state index in [-0.39, 0.29) is 11.6 Å². The Balaban J connectivity index is 2.35. The molecule has 0 heterocycles. The van der Waals surface area contributed by atoms with Crippen LogP contribution in [0.1, 0.15) is 59.8 Å². The molecule has 0 spiro atoms. The van der Waals surface area contributed by atoms with Crippen LogP contribution in [0.25, 0.3) is 0 Å². The van der Waals surface area contributed by atoms with Crippen LogP contribution in [0.3, 0.4) is 0 Å². The highest BCUT2D eigenvalue weighted by Gasteiger charge is 2.32. The van der Waals surface area contributed by atoms with E-state index in [2.05, 4.69) is 17.6 Å². The topological polar surface area (TPSA) is 41.1 Å². The van der Waals surface area contributed by atoms with Gasteiger partial charge in [-0.2, -0.15) is 0 Å². The van der Waals surface area contributed by atoms with Gasteiger partial charge >= 0.3 is 6.03 Å². The second kappa shape index (κ2) is 5.07. The van der Waals surface area contributed by atoms with Gasteiger partial charge in [0.15, 0.2) is 0 Å². The molecule has 0 unspecified atom stereocenters. The number of urea groups is 1. The molecule has 16 heavy (non-hydrogen) atoms. The summed E-state index contributed by atoms with van der Waals surface area (Å²) in [5.41, 5.74) is 0.217. The van der Waals surface area contributed by atoms with Gasteiger partial charge in [0.25, 0.3) is 0 Å². The molecule has 1 fully saturated rings. The summed E-state index contributed by atoms with van der Waals surface area (Å²) in [4.78, 5) is 11.7. The monoisotopic (exact) mass is 226 g/mol. The van der Waals surface area contributed by atoms with Crippen LogP contribution in [0.4, 0.5) is 4.79 Å². The van der Waals surface area contributed by atoms with Gasteiger partial charge in [-0.3, -0.25) is 0 Å². The summed E-state index contributed by atoms with van der Waals surface area (Å²) in [7, 11) is 0. The summed E-state index contributed by atoms with van der Waals surface area (Å²) in [5, 5.41) is 5.96. The smallest absolute Gasteiger partial charge is 0.315 e. The molecule has 1 aliphatic carbocycles. The number of amides is 2. The molecular weight excluding hydrogens is 200 g/mol. The van der Waals surface area contributed by atoms with Crippen molar-refractivity contribution in [2.75, 3.05) is 6.54 Å². The van der Waals surface area contributed by atoms with Gasteiger partial charge in [0.05, 0.1) is 0 Å². The van der Waals surface area contributed by atoms with Crippen molar-refractivity contribution in [2.24, 2.45) is 5.41 Å². The van der Waals surface area contributed by atoms with Crippen LogP contribution < -0.4 is 10.6 Å². The highest BCUT2D eigenvalue weighted by Crippen LogP contribution is 2.40. The van der Waals surface area contributed by atoms with Gasteiger partial charge < -0.3 is 10.6 Å². The zero-order valence-corrected chi connectivity index (χ0v) is 11.2. The molecule has 3 heteroatoms. The fraction of sp³-hybridized carbons (Fsp3) is 0.923. The normalized spacial score (nSPS) is 19.5. The maximum atomic E-state index is 11.7. The molecule has 0 aliphatic heterocycles. The Bertz CT molecular complexity index is 237. The molecule has 0 bridgehead atoms. The minimum absolute atomic E-state index is 0.0350. The van der Waals surface area contributed by atoms with Crippen molar-refractivity contribution in [2.45, 2.75) is 65.3 Å². The van der Waals surface area contributed by atoms with Crippen LogP contribution in [0.5, 0.6) is 0 Å².